The number of thiazole rings is 1. The molecule has 0 bridgehead atoms. The van der Waals surface area contributed by atoms with E-state index in [0.717, 1.165) is 42.0 Å². The molecule has 1 aromatic carbocycles. The van der Waals surface area contributed by atoms with E-state index in [4.69, 9.17) is 0 Å². The molecule has 1 aromatic heterocycles. The van der Waals surface area contributed by atoms with E-state index in [1.54, 1.807) is 24.3 Å². The molecule has 3 rings (SSSR count). The van der Waals surface area contributed by atoms with Crippen molar-refractivity contribution in [3.63, 3.8) is 0 Å². The van der Waals surface area contributed by atoms with Crippen LogP contribution in [0.1, 0.15) is 43.0 Å². The summed E-state index contributed by atoms with van der Waals surface area (Å²) < 4.78 is 37.8. The standard InChI is InChI=1S/C17H17F3N2OS/c18-17(19,20)16(23)22-15-13(11-7-3-1-4-8-11)21-14(24-15)12-9-5-2-6-10-12/h1,3-4,7-8,12H,2,5-6,9-10H2,(H,22,23). The van der Waals surface area contributed by atoms with Gasteiger partial charge in [-0.15, -0.1) is 11.3 Å². The highest BCUT2D eigenvalue weighted by molar-refractivity contribution is 7.16. The molecule has 0 atom stereocenters. The minimum absolute atomic E-state index is 0.170. The number of halogens is 3. The average Bonchev–Trinajstić information content (AvgIpc) is 2.99. The van der Waals surface area contributed by atoms with E-state index in [-0.39, 0.29) is 10.9 Å². The number of rotatable bonds is 3. The summed E-state index contributed by atoms with van der Waals surface area (Å²) in [5.41, 5.74) is 1.12. The predicted molar refractivity (Wildman–Crippen MR) is 88.1 cm³/mol. The number of nitrogens with zero attached hydrogens (tertiary/aromatic N) is 1. The van der Waals surface area contributed by atoms with Gasteiger partial charge in [0.1, 0.15) is 10.7 Å². The highest BCUT2D eigenvalue weighted by atomic mass is 32.1. The molecule has 128 valence electrons. The first-order chi connectivity index (χ1) is 11.4. The van der Waals surface area contributed by atoms with Crippen LogP contribution >= 0.6 is 11.3 Å². The molecule has 1 N–H and O–H groups in total. The van der Waals surface area contributed by atoms with E-state index < -0.39 is 12.1 Å². The third kappa shape index (κ3) is 3.77. The lowest BCUT2D eigenvalue weighted by Crippen LogP contribution is -2.29. The van der Waals surface area contributed by atoms with E-state index in [2.05, 4.69) is 4.98 Å². The quantitative estimate of drug-likeness (QED) is 0.806. The van der Waals surface area contributed by atoms with Crippen LogP contribution in [-0.4, -0.2) is 17.1 Å². The van der Waals surface area contributed by atoms with Crippen LogP contribution < -0.4 is 5.32 Å². The monoisotopic (exact) mass is 354 g/mol. The van der Waals surface area contributed by atoms with Crippen molar-refractivity contribution in [3.05, 3.63) is 35.3 Å². The second kappa shape index (κ2) is 6.93. The van der Waals surface area contributed by atoms with E-state index in [1.165, 1.54) is 6.42 Å². The fourth-order valence-electron chi connectivity index (χ4n) is 2.91. The second-order valence-corrected chi connectivity index (χ2v) is 6.91. The summed E-state index contributed by atoms with van der Waals surface area (Å²) >= 11 is 1.16. The first-order valence-corrected chi connectivity index (χ1v) is 8.71. The Hall–Kier alpha value is -1.89. The van der Waals surface area contributed by atoms with Crippen LogP contribution in [0.3, 0.4) is 0 Å². The molecule has 1 saturated carbocycles. The van der Waals surface area contributed by atoms with Crippen LogP contribution in [0, 0.1) is 0 Å². The zero-order chi connectivity index (χ0) is 17.2. The molecule has 24 heavy (non-hydrogen) atoms. The molecule has 1 amide bonds. The molecule has 1 aliphatic carbocycles. The van der Waals surface area contributed by atoms with Gasteiger partial charge >= 0.3 is 12.1 Å². The smallest absolute Gasteiger partial charge is 0.308 e. The van der Waals surface area contributed by atoms with Crippen molar-refractivity contribution in [1.82, 2.24) is 4.98 Å². The van der Waals surface area contributed by atoms with Gasteiger partial charge in [0.25, 0.3) is 0 Å². The number of hydrogen-bond acceptors (Lipinski definition) is 3. The van der Waals surface area contributed by atoms with Crippen molar-refractivity contribution < 1.29 is 18.0 Å². The molecular formula is C17H17F3N2OS. The van der Waals surface area contributed by atoms with Gasteiger partial charge in [-0.2, -0.15) is 13.2 Å². The van der Waals surface area contributed by atoms with Gasteiger partial charge in [-0.25, -0.2) is 4.98 Å². The van der Waals surface area contributed by atoms with Crippen molar-refractivity contribution in [2.45, 2.75) is 44.2 Å². The lowest BCUT2D eigenvalue weighted by Gasteiger charge is -2.18. The average molecular weight is 354 g/mol. The fraction of sp³-hybridized carbons (Fsp3) is 0.412. The number of carbonyl (C=O) groups excluding carboxylic acids is 1. The maximum Gasteiger partial charge on any atom is 0.471 e. The van der Waals surface area contributed by atoms with Gasteiger partial charge in [0, 0.05) is 11.5 Å². The normalized spacial score (nSPS) is 16.1. The van der Waals surface area contributed by atoms with Crippen LogP contribution in [0.2, 0.25) is 0 Å². The maximum atomic E-state index is 12.6. The van der Waals surface area contributed by atoms with Crippen LogP contribution in [0.15, 0.2) is 30.3 Å². The fourth-order valence-corrected chi connectivity index (χ4v) is 4.06. The molecule has 3 nitrogen and oxygen atoms in total. The van der Waals surface area contributed by atoms with E-state index in [0.29, 0.717) is 11.3 Å². The molecule has 1 aliphatic rings. The molecule has 7 heteroatoms. The van der Waals surface area contributed by atoms with Gasteiger partial charge in [-0.1, -0.05) is 49.6 Å². The van der Waals surface area contributed by atoms with E-state index in [9.17, 15) is 18.0 Å². The number of benzene rings is 1. The van der Waals surface area contributed by atoms with Crippen molar-refractivity contribution in [2.75, 3.05) is 5.32 Å². The van der Waals surface area contributed by atoms with Crippen molar-refractivity contribution in [2.24, 2.45) is 0 Å². The SMILES string of the molecule is O=C(Nc1sc(C2CCCCC2)nc1-c1ccccc1)C(F)(F)F. The van der Waals surface area contributed by atoms with Crippen molar-refractivity contribution in [3.8, 4) is 11.3 Å². The lowest BCUT2D eigenvalue weighted by atomic mass is 9.90. The third-order valence-electron chi connectivity index (χ3n) is 4.13. The minimum Gasteiger partial charge on any atom is -0.308 e. The summed E-state index contributed by atoms with van der Waals surface area (Å²) in [5, 5.41) is 2.98. The molecule has 0 radical (unpaired) electrons. The molecule has 2 aromatic rings. The first-order valence-electron chi connectivity index (χ1n) is 7.89. The second-order valence-electron chi connectivity index (χ2n) is 5.88. The van der Waals surface area contributed by atoms with Gasteiger partial charge in [0.15, 0.2) is 0 Å². The van der Waals surface area contributed by atoms with Gasteiger partial charge in [0.2, 0.25) is 0 Å². The van der Waals surface area contributed by atoms with Gasteiger partial charge < -0.3 is 5.32 Å². The van der Waals surface area contributed by atoms with Crippen LogP contribution in [0.25, 0.3) is 11.3 Å². The number of anilines is 1. The molecule has 0 unspecified atom stereocenters. The summed E-state index contributed by atoms with van der Waals surface area (Å²) in [5.74, 6) is -1.69. The summed E-state index contributed by atoms with van der Waals surface area (Å²) in [4.78, 5) is 15.9. The van der Waals surface area contributed by atoms with Gasteiger partial charge in [-0.3, -0.25) is 4.79 Å². The Morgan fingerprint density at radius 2 is 1.79 bits per heavy atom. The number of amides is 1. The maximum absolute atomic E-state index is 12.6. The molecule has 0 spiro atoms. The van der Waals surface area contributed by atoms with Crippen LogP contribution in [0.4, 0.5) is 18.2 Å². The number of alkyl halides is 3. The molecule has 1 fully saturated rings. The highest BCUT2D eigenvalue weighted by Gasteiger charge is 2.39. The Kier molecular flexibility index (Phi) is 4.89. The van der Waals surface area contributed by atoms with Crippen LogP contribution in [-0.2, 0) is 4.79 Å². The first kappa shape index (κ1) is 17.0. The van der Waals surface area contributed by atoms with Gasteiger partial charge in [-0.05, 0) is 12.8 Å². The summed E-state index contributed by atoms with van der Waals surface area (Å²) in [7, 11) is 0. The third-order valence-corrected chi connectivity index (χ3v) is 5.26. The Morgan fingerprint density at radius 3 is 2.42 bits per heavy atom. The summed E-state index contributed by atoms with van der Waals surface area (Å²) in [6.07, 6.45) is 0.473. The molecular weight excluding hydrogens is 337 g/mol. The van der Waals surface area contributed by atoms with E-state index >= 15 is 0 Å². The highest BCUT2D eigenvalue weighted by Crippen LogP contribution is 2.41. The molecule has 0 saturated heterocycles. The zero-order valence-corrected chi connectivity index (χ0v) is 13.7. The summed E-state index contributed by atoms with van der Waals surface area (Å²) in [6, 6.07) is 8.98. The topological polar surface area (TPSA) is 42.0 Å². The Labute approximate surface area is 141 Å². The Morgan fingerprint density at radius 1 is 1.12 bits per heavy atom. The Balaban J connectivity index is 1.95. The van der Waals surface area contributed by atoms with Crippen LogP contribution in [0.5, 0.6) is 0 Å². The Bertz CT molecular complexity index is 706. The largest absolute Gasteiger partial charge is 0.471 e. The van der Waals surface area contributed by atoms with Crippen molar-refractivity contribution in [1.29, 1.82) is 0 Å². The lowest BCUT2D eigenvalue weighted by molar-refractivity contribution is -0.167. The van der Waals surface area contributed by atoms with Crippen molar-refractivity contribution >= 4 is 22.2 Å². The van der Waals surface area contributed by atoms with E-state index in [1.807, 2.05) is 11.4 Å². The molecule has 1 heterocycles. The predicted octanol–water partition coefficient (Wildman–Crippen LogP) is 5.36. The number of hydrogen-bond donors (Lipinski definition) is 1. The molecule has 0 aliphatic heterocycles. The zero-order valence-electron chi connectivity index (χ0n) is 12.9. The number of aromatic nitrogens is 1. The number of nitrogens with one attached hydrogen (secondary N) is 1. The van der Waals surface area contributed by atoms with Gasteiger partial charge in [0.05, 0.1) is 5.01 Å². The summed E-state index contributed by atoms with van der Waals surface area (Å²) in [6.45, 7) is 0. The minimum atomic E-state index is -4.91. The number of carbonyl (C=O) groups is 1.